The lowest BCUT2D eigenvalue weighted by molar-refractivity contribution is 0.0857. The average molecular weight is 333 g/mol. The molecule has 1 aromatic rings. The number of nitrogens with zero attached hydrogens (tertiary/aromatic N) is 1. The van der Waals surface area contributed by atoms with Crippen LogP contribution in [0.1, 0.15) is 43.5 Å². The summed E-state index contributed by atoms with van der Waals surface area (Å²) >= 11 is 0. The topological polar surface area (TPSA) is 15.3 Å². The molecule has 2 rings (SSSR count). The highest BCUT2D eigenvalue weighted by Crippen LogP contribution is 2.39. The molecule has 2 nitrogen and oxygen atoms in total. The van der Waals surface area contributed by atoms with Crippen LogP contribution >= 0.6 is 24.8 Å². The van der Waals surface area contributed by atoms with E-state index in [0.29, 0.717) is 6.04 Å². The summed E-state index contributed by atoms with van der Waals surface area (Å²) in [6.45, 7) is 16.1. The Morgan fingerprint density at radius 3 is 2.14 bits per heavy atom. The molecular weight excluding hydrogens is 303 g/mol. The van der Waals surface area contributed by atoms with Gasteiger partial charge in [-0.3, -0.25) is 4.90 Å². The number of hydrogen-bond acceptors (Lipinski definition) is 2. The first-order valence-corrected chi connectivity index (χ1v) is 7.42. The van der Waals surface area contributed by atoms with Crippen molar-refractivity contribution in [2.24, 2.45) is 5.41 Å². The van der Waals surface area contributed by atoms with E-state index < -0.39 is 0 Å². The Kier molecular flexibility index (Phi) is 8.27. The van der Waals surface area contributed by atoms with Crippen LogP contribution in [-0.2, 0) is 0 Å². The zero-order valence-electron chi connectivity index (χ0n) is 13.9. The van der Waals surface area contributed by atoms with Crippen LogP contribution in [0.3, 0.4) is 0 Å². The minimum atomic E-state index is 0. The van der Waals surface area contributed by atoms with Gasteiger partial charge in [0.25, 0.3) is 0 Å². The molecule has 1 aliphatic heterocycles. The molecular formula is C17H30Cl2N2. The lowest BCUT2D eigenvalue weighted by atomic mass is 9.79. The van der Waals surface area contributed by atoms with Gasteiger partial charge < -0.3 is 5.32 Å². The standard InChI is InChI=1S/C17H28N2.2ClH/c1-13-7-6-8-15(14(13)2)16(17(3,4)5)19-11-9-18-10-12-19;;/h6-8,16,18H,9-12H2,1-5H3;2*1H/t16-;;/m0../s1. The van der Waals surface area contributed by atoms with Crippen molar-refractivity contribution in [1.82, 2.24) is 10.2 Å². The van der Waals surface area contributed by atoms with Crippen LogP contribution in [0.2, 0.25) is 0 Å². The molecule has 0 bridgehead atoms. The van der Waals surface area contributed by atoms with E-state index in [1.165, 1.54) is 16.7 Å². The van der Waals surface area contributed by atoms with Gasteiger partial charge in [-0.1, -0.05) is 39.0 Å². The molecule has 1 N–H and O–H groups in total. The number of benzene rings is 1. The van der Waals surface area contributed by atoms with Crippen LogP contribution < -0.4 is 5.32 Å². The van der Waals surface area contributed by atoms with Gasteiger partial charge in [0.05, 0.1) is 0 Å². The molecule has 0 radical (unpaired) electrons. The molecule has 1 atom stereocenters. The molecule has 0 spiro atoms. The zero-order valence-corrected chi connectivity index (χ0v) is 15.5. The SMILES string of the molecule is Cc1cccc([C@H](N2CCNCC2)C(C)(C)C)c1C.Cl.Cl. The van der Waals surface area contributed by atoms with E-state index in [4.69, 9.17) is 0 Å². The fourth-order valence-electron chi connectivity index (χ4n) is 3.22. The Bertz CT molecular complexity index is 435. The molecule has 4 heteroatoms. The lowest BCUT2D eigenvalue weighted by Gasteiger charge is -2.43. The maximum atomic E-state index is 3.46. The summed E-state index contributed by atoms with van der Waals surface area (Å²) in [5.74, 6) is 0. The van der Waals surface area contributed by atoms with Crippen molar-refractivity contribution in [3.8, 4) is 0 Å². The molecule has 0 amide bonds. The summed E-state index contributed by atoms with van der Waals surface area (Å²) < 4.78 is 0. The third-order valence-corrected chi connectivity index (χ3v) is 4.28. The molecule has 1 saturated heterocycles. The van der Waals surface area contributed by atoms with Gasteiger partial charge in [-0.25, -0.2) is 0 Å². The van der Waals surface area contributed by atoms with Gasteiger partial charge >= 0.3 is 0 Å². The first-order valence-electron chi connectivity index (χ1n) is 7.42. The van der Waals surface area contributed by atoms with E-state index in [-0.39, 0.29) is 30.2 Å². The monoisotopic (exact) mass is 332 g/mol. The average Bonchev–Trinajstić information content (AvgIpc) is 2.35. The second-order valence-electron chi connectivity index (χ2n) is 6.84. The van der Waals surface area contributed by atoms with E-state index >= 15 is 0 Å². The third kappa shape index (κ3) is 4.85. The summed E-state index contributed by atoms with van der Waals surface area (Å²) in [6.07, 6.45) is 0. The molecule has 1 heterocycles. The van der Waals surface area contributed by atoms with Crippen LogP contribution in [0.25, 0.3) is 0 Å². The van der Waals surface area contributed by atoms with Crippen molar-refractivity contribution in [3.63, 3.8) is 0 Å². The summed E-state index contributed by atoms with van der Waals surface area (Å²) in [5.41, 5.74) is 4.63. The smallest absolute Gasteiger partial charge is 0.0400 e. The van der Waals surface area contributed by atoms with Gasteiger partial charge in [0, 0.05) is 32.2 Å². The second kappa shape index (κ2) is 8.38. The fourth-order valence-corrected chi connectivity index (χ4v) is 3.22. The molecule has 0 saturated carbocycles. The Labute approximate surface area is 142 Å². The van der Waals surface area contributed by atoms with E-state index in [9.17, 15) is 0 Å². The second-order valence-corrected chi connectivity index (χ2v) is 6.84. The predicted octanol–water partition coefficient (Wildman–Crippen LogP) is 4.14. The van der Waals surface area contributed by atoms with E-state index in [2.05, 4.69) is 63.0 Å². The predicted molar refractivity (Wildman–Crippen MR) is 97.1 cm³/mol. The van der Waals surface area contributed by atoms with E-state index in [0.717, 1.165) is 26.2 Å². The normalized spacial score (nSPS) is 17.6. The van der Waals surface area contributed by atoms with Crippen molar-refractivity contribution >= 4 is 24.8 Å². The van der Waals surface area contributed by atoms with Crippen molar-refractivity contribution in [2.45, 2.75) is 40.7 Å². The molecule has 21 heavy (non-hydrogen) atoms. The lowest BCUT2D eigenvalue weighted by Crippen LogP contribution is -2.48. The van der Waals surface area contributed by atoms with Gasteiger partial charge in [0.2, 0.25) is 0 Å². The summed E-state index contributed by atoms with van der Waals surface area (Å²) in [7, 11) is 0. The number of aryl methyl sites for hydroxylation is 1. The Morgan fingerprint density at radius 1 is 1.05 bits per heavy atom. The van der Waals surface area contributed by atoms with Crippen LogP contribution in [-0.4, -0.2) is 31.1 Å². The van der Waals surface area contributed by atoms with Gasteiger partial charge in [-0.05, 0) is 36.0 Å². The number of halogens is 2. The summed E-state index contributed by atoms with van der Waals surface area (Å²) in [4.78, 5) is 2.65. The largest absolute Gasteiger partial charge is 0.314 e. The molecule has 0 aliphatic carbocycles. The molecule has 122 valence electrons. The minimum absolute atomic E-state index is 0. The maximum Gasteiger partial charge on any atom is 0.0400 e. The number of rotatable bonds is 2. The quantitative estimate of drug-likeness (QED) is 0.875. The Morgan fingerprint density at radius 2 is 1.62 bits per heavy atom. The number of nitrogens with one attached hydrogen (secondary N) is 1. The van der Waals surface area contributed by atoms with Crippen LogP contribution in [0.5, 0.6) is 0 Å². The van der Waals surface area contributed by atoms with Crippen molar-refractivity contribution in [2.75, 3.05) is 26.2 Å². The van der Waals surface area contributed by atoms with Crippen molar-refractivity contribution in [1.29, 1.82) is 0 Å². The van der Waals surface area contributed by atoms with Crippen molar-refractivity contribution < 1.29 is 0 Å². The van der Waals surface area contributed by atoms with Crippen LogP contribution in [0.15, 0.2) is 18.2 Å². The first kappa shape index (κ1) is 20.7. The highest BCUT2D eigenvalue weighted by molar-refractivity contribution is 5.85. The molecule has 1 aromatic carbocycles. The van der Waals surface area contributed by atoms with Gasteiger partial charge in [-0.2, -0.15) is 0 Å². The van der Waals surface area contributed by atoms with E-state index in [1.54, 1.807) is 0 Å². The minimum Gasteiger partial charge on any atom is -0.314 e. The third-order valence-electron chi connectivity index (χ3n) is 4.28. The van der Waals surface area contributed by atoms with Gasteiger partial charge in [0.15, 0.2) is 0 Å². The van der Waals surface area contributed by atoms with Gasteiger partial charge in [-0.15, -0.1) is 24.8 Å². The van der Waals surface area contributed by atoms with Gasteiger partial charge in [0.1, 0.15) is 0 Å². The highest BCUT2D eigenvalue weighted by atomic mass is 35.5. The van der Waals surface area contributed by atoms with Crippen LogP contribution in [0.4, 0.5) is 0 Å². The summed E-state index contributed by atoms with van der Waals surface area (Å²) in [5, 5.41) is 3.46. The number of hydrogen-bond donors (Lipinski definition) is 1. The highest BCUT2D eigenvalue weighted by Gasteiger charge is 2.33. The molecule has 1 aliphatic rings. The molecule has 0 unspecified atom stereocenters. The molecule has 1 fully saturated rings. The summed E-state index contributed by atoms with van der Waals surface area (Å²) in [6, 6.07) is 7.25. The Balaban J connectivity index is 0.00000200. The van der Waals surface area contributed by atoms with Crippen LogP contribution in [0, 0.1) is 19.3 Å². The fraction of sp³-hybridized carbons (Fsp3) is 0.647. The Hall–Kier alpha value is -0.280. The first-order chi connectivity index (χ1) is 8.91. The van der Waals surface area contributed by atoms with E-state index in [1.807, 2.05) is 0 Å². The number of piperazine rings is 1. The van der Waals surface area contributed by atoms with Crippen molar-refractivity contribution in [3.05, 3.63) is 34.9 Å². The molecule has 0 aromatic heterocycles. The zero-order chi connectivity index (χ0) is 14.0. The maximum absolute atomic E-state index is 3.46.